The Kier molecular flexibility index (Phi) is 5.49. The number of rotatable bonds is 7. The molecule has 3 rings (SSSR count). The highest BCUT2D eigenvalue weighted by molar-refractivity contribution is 6.15. The number of nitrogens with zero attached hydrogens (tertiary/aromatic N) is 1. The minimum atomic E-state index is -0.608. The maximum Gasteiger partial charge on any atom is 0.290 e. The minimum Gasteiger partial charge on any atom is -0.503 e. The average Bonchev–Trinajstić information content (AvgIpc) is 3.28. The zero-order valence-corrected chi connectivity index (χ0v) is 15.9. The molecule has 2 heterocycles. The van der Waals surface area contributed by atoms with Crippen LogP contribution < -0.4 is 0 Å². The SMILES string of the molecule is CCCCN1C(=O)C(O)=C(C(=O)c2ccco2)C1c1ccc(C(C)C)cc1. The number of furan rings is 1. The Morgan fingerprint density at radius 1 is 1.22 bits per heavy atom. The van der Waals surface area contributed by atoms with Gasteiger partial charge in [-0.25, -0.2) is 0 Å². The highest BCUT2D eigenvalue weighted by Gasteiger charge is 2.44. The van der Waals surface area contributed by atoms with Crippen molar-refractivity contribution >= 4 is 11.7 Å². The molecule has 1 aromatic carbocycles. The lowest BCUT2D eigenvalue weighted by Crippen LogP contribution is -2.32. The second kappa shape index (κ2) is 7.82. The Morgan fingerprint density at radius 3 is 2.48 bits per heavy atom. The molecule has 2 aromatic rings. The van der Waals surface area contributed by atoms with E-state index in [1.54, 1.807) is 17.0 Å². The Bertz CT molecular complexity index is 847. The fourth-order valence-corrected chi connectivity index (χ4v) is 3.39. The molecule has 0 saturated carbocycles. The summed E-state index contributed by atoms with van der Waals surface area (Å²) in [6.07, 6.45) is 3.11. The van der Waals surface area contributed by atoms with Crippen LogP contribution in [0.1, 0.15) is 67.3 Å². The fourth-order valence-electron chi connectivity index (χ4n) is 3.39. The standard InChI is InChI=1S/C22H25NO4/c1-4-5-12-23-19(16-10-8-15(9-11-16)14(2)3)18(21(25)22(23)26)20(24)17-7-6-13-27-17/h6-11,13-14,19,25H,4-5,12H2,1-3H3. The van der Waals surface area contributed by atoms with E-state index in [9.17, 15) is 14.7 Å². The van der Waals surface area contributed by atoms with E-state index < -0.39 is 23.5 Å². The Hall–Kier alpha value is -2.82. The van der Waals surface area contributed by atoms with E-state index >= 15 is 0 Å². The lowest BCUT2D eigenvalue weighted by Gasteiger charge is -2.27. The normalized spacial score (nSPS) is 17.3. The first kappa shape index (κ1) is 19.0. The molecule has 0 saturated heterocycles. The summed E-state index contributed by atoms with van der Waals surface area (Å²) in [5.74, 6) is -0.941. The van der Waals surface area contributed by atoms with Crippen LogP contribution in [0.3, 0.4) is 0 Å². The molecule has 1 aliphatic rings. The number of hydrogen-bond donors (Lipinski definition) is 1. The summed E-state index contributed by atoms with van der Waals surface area (Å²) in [7, 11) is 0. The molecule has 5 nitrogen and oxygen atoms in total. The number of carbonyl (C=O) groups excluding carboxylic acids is 2. The molecule has 1 aromatic heterocycles. The second-order valence-corrected chi connectivity index (χ2v) is 7.14. The number of aliphatic hydroxyl groups excluding tert-OH is 1. The first-order valence-electron chi connectivity index (χ1n) is 9.37. The lowest BCUT2D eigenvalue weighted by molar-refractivity contribution is -0.129. The van der Waals surface area contributed by atoms with Gasteiger partial charge < -0.3 is 14.4 Å². The van der Waals surface area contributed by atoms with Crippen molar-refractivity contribution in [2.75, 3.05) is 6.54 Å². The Balaban J connectivity index is 2.05. The predicted molar refractivity (Wildman–Crippen MR) is 103 cm³/mol. The Morgan fingerprint density at radius 2 is 1.93 bits per heavy atom. The van der Waals surface area contributed by atoms with E-state index in [0.717, 1.165) is 18.4 Å². The molecule has 0 aliphatic carbocycles. The molecule has 142 valence electrons. The van der Waals surface area contributed by atoms with Gasteiger partial charge in [-0.3, -0.25) is 9.59 Å². The van der Waals surface area contributed by atoms with Crippen molar-refractivity contribution in [2.45, 2.75) is 45.6 Å². The van der Waals surface area contributed by atoms with Crippen LogP contribution in [-0.2, 0) is 4.79 Å². The molecule has 0 bridgehead atoms. The zero-order chi connectivity index (χ0) is 19.6. The van der Waals surface area contributed by atoms with Crippen molar-refractivity contribution in [1.29, 1.82) is 0 Å². The monoisotopic (exact) mass is 367 g/mol. The maximum atomic E-state index is 13.0. The Labute approximate surface area is 159 Å². The number of benzene rings is 1. The number of aliphatic hydroxyl groups is 1. The molecule has 1 amide bonds. The van der Waals surface area contributed by atoms with E-state index in [4.69, 9.17) is 4.42 Å². The smallest absolute Gasteiger partial charge is 0.290 e. The van der Waals surface area contributed by atoms with Crippen molar-refractivity contribution in [3.05, 3.63) is 70.9 Å². The molecule has 1 atom stereocenters. The van der Waals surface area contributed by atoms with Gasteiger partial charge in [0.1, 0.15) is 0 Å². The lowest BCUT2D eigenvalue weighted by atomic mass is 9.93. The van der Waals surface area contributed by atoms with Crippen LogP contribution in [-0.4, -0.2) is 28.2 Å². The van der Waals surface area contributed by atoms with E-state index in [1.807, 2.05) is 31.2 Å². The molecule has 5 heteroatoms. The third kappa shape index (κ3) is 3.54. The van der Waals surface area contributed by atoms with Crippen LogP contribution >= 0.6 is 0 Å². The number of amides is 1. The van der Waals surface area contributed by atoms with Gasteiger partial charge in [-0.05, 0) is 35.6 Å². The van der Waals surface area contributed by atoms with Gasteiger partial charge in [-0.15, -0.1) is 0 Å². The van der Waals surface area contributed by atoms with E-state index in [2.05, 4.69) is 13.8 Å². The van der Waals surface area contributed by atoms with Gasteiger partial charge in [0, 0.05) is 6.54 Å². The molecular weight excluding hydrogens is 342 g/mol. The number of ketones is 1. The van der Waals surface area contributed by atoms with E-state index in [1.165, 1.54) is 11.8 Å². The molecule has 27 heavy (non-hydrogen) atoms. The van der Waals surface area contributed by atoms with E-state index in [-0.39, 0.29) is 11.3 Å². The number of carbonyl (C=O) groups is 2. The quantitative estimate of drug-likeness (QED) is 0.715. The van der Waals surface area contributed by atoms with Crippen LogP contribution in [0.2, 0.25) is 0 Å². The predicted octanol–water partition coefficient (Wildman–Crippen LogP) is 4.78. The van der Waals surface area contributed by atoms with Crippen LogP contribution in [0, 0.1) is 0 Å². The number of unbranched alkanes of at least 4 members (excludes halogenated alkanes) is 1. The zero-order valence-electron chi connectivity index (χ0n) is 15.9. The highest BCUT2D eigenvalue weighted by atomic mass is 16.3. The molecular formula is C22H25NO4. The van der Waals surface area contributed by atoms with Gasteiger partial charge in [0.25, 0.3) is 5.91 Å². The minimum absolute atomic E-state index is 0.0864. The molecule has 0 fully saturated rings. The first-order valence-corrected chi connectivity index (χ1v) is 9.37. The molecule has 1 unspecified atom stereocenters. The average molecular weight is 367 g/mol. The first-order chi connectivity index (χ1) is 13.0. The highest BCUT2D eigenvalue weighted by Crippen LogP contribution is 2.39. The van der Waals surface area contributed by atoms with Crippen LogP contribution in [0.15, 0.2) is 58.4 Å². The fraction of sp³-hybridized carbons (Fsp3) is 0.364. The van der Waals surface area contributed by atoms with Crippen molar-refractivity contribution in [1.82, 2.24) is 4.90 Å². The van der Waals surface area contributed by atoms with Crippen LogP contribution in [0.25, 0.3) is 0 Å². The largest absolute Gasteiger partial charge is 0.503 e. The molecule has 0 spiro atoms. The summed E-state index contributed by atoms with van der Waals surface area (Å²) in [6, 6.07) is 10.4. The number of hydrogen-bond acceptors (Lipinski definition) is 4. The maximum absolute atomic E-state index is 13.0. The van der Waals surface area contributed by atoms with Crippen LogP contribution in [0.5, 0.6) is 0 Å². The topological polar surface area (TPSA) is 70.8 Å². The van der Waals surface area contributed by atoms with Gasteiger partial charge in [0.05, 0.1) is 17.9 Å². The van der Waals surface area contributed by atoms with Crippen LogP contribution in [0.4, 0.5) is 0 Å². The van der Waals surface area contributed by atoms with Crippen molar-refractivity contribution in [3.8, 4) is 0 Å². The van der Waals surface area contributed by atoms with E-state index in [0.29, 0.717) is 12.5 Å². The van der Waals surface area contributed by atoms with Crippen molar-refractivity contribution < 1.29 is 19.1 Å². The summed E-state index contributed by atoms with van der Waals surface area (Å²) in [5, 5.41) is 10.5. The van der Waals surface area contributed by atoms with Gasteiger partial charge in [0.15, 0.2) is 11.5 Å². The van der Waals surface area contributed by atoms with Gasteiger partial charge in [-0.2, -0.15) is 0 Å². The van der Waals surface area contributed by atoms with Crippen molar-refractivity contribution in [2.24, 2.45) is 0 Å². The van der Waals surface area contributed by atoms with Gasteiger partial charge >= 0.3 is 0 Å². The third-order valence-electron chi connectivity index (χ3n) is 4.96. The van der Waals surface area contributed by atoms with Crippen molar-refractivity contribution in [3.63, 3.8) is 0 Å². The number of Topliss-reactive ketones (excluding diaryl/α,β-unsaturated/α-hetero) is 1. The molecule has 1 N–H and O–H groups in total. The molecule has 0 radical (unpaired) electrons. The summed E-state index contributed by atoms with van der Waals surface area (Å²) >= 11 is 0. The summed E-state index contributed by atoms with van der Waals surface area (Å²) in [4.78, 5) is 27.2. The summed E-state index contributed by atoms with van der Waals surface area (Å²) in [5.41, 5.74) is 2.07. The van der Waals surface area contributed by atoms with Gasteiger partial charge in [-0.1, -0.05) is 51.5 Å². The summed E-state index contributed by atoms with van der Waals surface area (Å²) < 4.78 is 5.22. The second-order valence-electron chi connectivity index (χ2n) is 7.14. The summed E-state index contributed by atoms with van der Waals surface area (Å²) in [6.45, 7) is 6.73. The molecule has 1 aliphatic heterocycles. The third-order valence-corrected chi connectivity index (χ3v) is 4.96. The van der Waals surface area contributed by atoms with Gasteiger partial charge in [0.2, 0.25) is 5.78 Å².